The first kappa shape index (κ1) is 7.56. The molecule has 11 heavy (non-hydrogen) atoms. The summed E-state index contributed by atoms with van der Waals surface area (Å²) in [7, 11) is 2.24. The zero-order valence-corrected chi connectivity index (χ0v) is 7.34. The van der Waals surface area contributed by atoms with Crippen LogP contribution in [0.4, 0.5) is 0 Å². The molecule has 2 heteroatoms. The van der Waals surface area contributed by atoms with Gasteiger partial charge in [-0.05, 0) is 51.4 Å². The highest BCUT2D eigenvalue weighted by molar-refractivity contribution is 4.84. The molecule has 0 spiro atoms. The van der Waals surface area contributed by atoms with E-state index in [2.05, 4.69) is 17.3 Å². The molecule has 2 atom stereocenters. The minimum Gasteiger partial charge on any atom is -0.316 e. The van der Waals surface area contributed by atoms with Gasteiger partial charge in [-0.15, -0.1) is 0 Å². The number of nitrogens with zero attached hydrogens (tertiary/aromatic N) is 1. The first-order chi connectivity index (χ1) is 5.36. The monoisotopic (exact) mass is 154 g/mol. The highest BCUT2D eigenvalue weighted by Gasteiger charge is 2.29. The third-order valence-electron chi connectivity index (χ3n) is 3.19. The lowest BCUT2D eigenvalue weighted by Crippen LogP contribution is -2.21. The molecule has 2 rings (SSSR count). The lowest BCUT2D eigenvalue weighted by atomic mass is 9.91. The van der Waals surface area contributed by atoms with Crippen molar-refractivity contribution in [1.82, 2.24) is 10.2 Å². The highest BCUT2D eigenvalue weighted by Crippen LogP contribution is 2.26. The molecule has 1 N–H and O–H groups in total. The Morgan fingerprint density at radius 2 is 2.18 bits per heavy atom. The van der Waals surface area contributed by atoms with Crippen LogP contribution in [0.5, 0.6) is 0 Å². The third-order valence-corrected chi connectivity index (χ3v) is 3.19. The van der Waals surface area contributed by atoms with Crippen LogP contribution in [0.2, 0.25) is 0 Å². The van der Waals surface area contributed by atoms with Crippen LogP contribution in [-0.4, -0.2) is 38.1 Å². The maximum Gasteiger partial charge on any atom is 0.00102 e. The molecular weight excluding hydrogens is 136 g/mol. The second-order valence-electron chi connectivity index (χ2n) is 4.06. The number of likely N-dealkylation sites (tertiary alicyclic amines) is 1. The minimum atomic E-state index is 0.986. The van der Waals surface area contributed by atoms with E-state index in [1.807, 2.05) is 0 Å². The van der Waals surface area contributed by atoms with Crippen LogP contribution in [0.15, 0.2) is 0 Å². The first-order valence-corrected chi connectivity index (χ1v) is 4.75. The summed E-state index contributed by atoms with van der Waals surface area (Å²) in [5.41, 5.74) is 0. The van der Waals surface area contributed by atoms with Crippen molar-refractivity contribution in [3.8, 4) is 0 Å². The molecule has 0 saturated carbocycles. The number of nitrogens with one attached hydrogen (secondary N) is 1. The molecule has 0 aliphatic carbocycles. The van der Waals surface area contributed by atoms with Crippen LogP contribution in [-0.2, 0) is 0 Å². The standard InChI is InChI=1S/C9H18N2/c1-11-5-3-9(7-11)8-2-4-10-6-8/h8-10H,2-7H2,1H3. The Morgan fingerprint density at radius 1 is 1.27 bits per heavy atom. The Balaban J connectivity index is 1.85. The van der Waals surface area contributed by atoms with E-state index in [0.717, 1.165) is 11.8 Å². The van der Waals surface area contributed by atoms with Crippen molar-refractivity contribution >= 4 is 0 Å². The minimum absolute atomic E-state index is 0.986. The summed E-state index contributed by atoms with van der Waals surface area (Å²) in [4.78, 5) is 2.46. The number of hydrogen-bond donors (Lipinski definition) is 1. The first-order valence-electron chi connectivity index (χ1n) is 4.75. The summed E-state index contributed by atoms with van der Waals surface area (Å²) in [6, 6.07) is 0. The molecule has 2 aliphatic rings. The Labute approximate surface area is 69.0 Å². The summed E-state index contributed by atoms with van der Waals surface area (Å²) in [6.45, 7) is 5.19. The third kappa shape index (κ3) is 1.57. The van der Waals surface area contributed by atoms with Gasteiger partial charge in [0.2, 0.25) is 0 Å². The van der Waals surface area contributed by atoms with E-state index >= 15 is 0 Å². The number of rotatable bonds is 1. The Bertz CT molecular complexity index is 130. The van der Waals surface area contributed by atoms with Crippen molar-refractivity contribution in [2.75, 3.05) is 33.2 Å². The smallest absolute Gasteiger partial charge is 0.00102 e. The topological polar surface area (TPSA) is 15.3 Å². The molecule has 2 aliphatic heterocycles. The summed E-state index contributed by atoms with van der Waals surface area (Å²) >= 11 is 0. The van der Waals surface area contributed by atoms with Crippen LogP contribution in [0.1, 0.15) is 12.8 Å². The van der Waals surface area contributed by atoms with Gasteiger partial charge in [0.1, 0.15) is 0 Å². The van der Waals surface area contributed by atoms with Crippen molar-refractivity contribution < 1.29 is 0 Å². The zero-order valence-electron chi connectivity index (χ0n) is 7.34. The largest absolute Gasteiger partial charge is 0.316 e. The van der Waals surface area contributed by atoms with E-state index in [1.165, 1.54) is 39.0 Å². The molecule has 0 radical (unpaired) electrons. The van der Waals surface area contributed by atoms with Crippen molar-refractivity contribution in [3.05, 3.63) is 0 Å². The van der Waals surface area contributed by atoms with Gasteiger partial charge in [0.25, 0.3) is 0 Å². The average Bonchev–Trinajstić information content (AvgIpc) is 2.55. The molecule has 2 fully saturated rings. The maximum atomic E-state index is 3.45. The van der Waals surface area contributed by atoms with Crippen molar-refractivity contribution in [3.63, 3.8) is 0 Å². The second-order valence-corrected chi connectivity index (χ2v) is 4.06. The molecule has 64 valence electrons. The zero-order chi connectivity index (χ0) is 7.68. The van der Waals surface area contributed by atoms with Gasteiger partial charge < -0.3 is 10.2 Å². The number of hydrogen-bond acceptors (Lipinski definition) is 2. The molecule has 2 saturated heterocycles. The molecule has 0 aromatic heterocycles. The molecular formula is C9H18N2. The molecule has 2 unspecified atom stereocenters. The van der Waals surface area contributed by atoms with Gasteiger partial charge in [0.15, 0.2) is 0 Å². The van der Waals surface area contributed by atoms with E-state index in [0.29, 0.717) is 0 Å². The maximum absolute atomic E-state index is 3.45. The molecule has 0 bridgehead atoms. The summed E-state index contributed by atoms with van der Waals surface area (Å²) in [5, 5.41) is 3.45. The SMILES string of the molecule is CN1CCC(C2CCNC2)C1. The van der Waals surface area contributed by atoms with Gasteiger partial charge in [0, 0.05) is 6.54 Å². The predicted octanol–water partition coefficient (Wildman–Crippen LogP) is 0.548. The van der Waals surface area contributed by atoms with Crippen molar-refractivity contribution in [1.29, 1.82) is 0 Å². The fourth-order valence-electron chi connectivity index (χ4n) is 2.43. The summed E-state index contributed by atoms with van der Waals surface area (Å²) in [5.74, 6) is 1.98. The molecule has 0 amide bonds. The quantitative estimate of drug-likeness (QED) is 0.593. The van der Waals surface area contributed by atoms with Gasteiger partial charge in [0.05, 0.1) is 0 Å². The van der Waals surface area contributed by atoms with E-state index in [9.17, 15) is 0 Å². The van der Waals surface area contributed by atoms with Gasteiger partial charge in [-0.25, -0.2) is 0 Å². The normalized spacial score (nSPS) is 40.1. The fourth-order valence-corrected chi connectivity index (χ4v) is 2.43. The van der Waals surface area contributed by atoms with Crippen LogP contribution in [0.3, 0.4) is 0 Å². The lowest BCUT2D eigenvalue weighted by Gasteiger charge is -2.16. The van der Waals surface area contributed by atoms with Crippen molar-refractivity contribution in [2.24, 2.45) is 11.8 Å². The Kier molecular flexibility index (Phi) is 2.14. The van der Waals surface area contributed by atoms with Gasteiger partial charge in [-0.3, -0.25) is 0 Å². The van der Waals surface area contributed by atoms with Gasteiger partial charge in [-0.2, -0.15) is 0 Å². The molecule has 0 aromatic carbocycles. The fraction of sp³-hybridized carbons (Fsp3) is 1.00. The Morgan fingerprint density at radius 3 is 2.73 bits per heavy atom. The van der Waals surface area contributed by atoms with Crippen LogP contribution < -0.4 is 5.32 Å². The average molecular weight is 154 g/mol. The van der Waals surface area contributed by atoms with Crippen LogP contribution in [0.25, 0.3) is 0 Å². The molecule has 2 heterocycles. The van der Waals surface area contributed by atoms with E-state index in [1.54, 1.807) is 0 Å². The van der Waals surface area contributed by atoms with Crippen LogP contribution >= 0.6 is 0 Å². The summed E-state index contributed by atoms with van der Waals surface area (Å²) < 4.78 is 0. The highest BCUT2D eigenvalue weighted by atomic mass is 15.1. The molecule has 0 aromatic rings. The van der Waals surface area contributed by atoms with E-state index in [4.69, 9.17) is 0 Å². The molecule has 2 nitrogen and oxygen atoms in total. The summed E-state index contributed by atoms with van der Waals surface area (Å²) in [6.07, 6.45) is 2.85. The van der Waals surface area contributed by atoms with Crippen molar-refractivity contribution in [2.45, 2.75) is 12.8 Å². The Hall–Kier alpha value is -0.0800. The van der Waals surface area contributed by atoms with E-state index in [-0.39, 0.29) is 0 Å². The van der Waals surface area contributed by atoms with Gasteiger partial charge in [-0.1, -0.05) is 0 Å². The predicted molar refractivity (Wildman–Crippen MR) is 46.6 cm³/mol. The van der Waals surface area contributed by atoms with Gasteiger partial charge >= 0.3 is 0 Å². The van der Waals surface area contributed by atoms with E-state index < -0.39 is 0 Å². The van der Waals surface area contributed by atoms with Crippen LogP contribution in [0, 0.1) is 11.8 Å². The second kappa shape index (κ2) is 3.11. The lowest BCUT2D eigenvalue weighted by molar-refractivity contribution is 0.336.